The summed E-state index contributed by atoms with van der Waals surface area (Å²) in [5, 5.41) is 2.68. The molecule has 0 aromatic heterocycles. The molecule has 0 aliphatic heterocycles. The molecule has 5 heteroatoms. The number of nitrogens with one attached hydrogen (secondary N) is 1. The van der Waals surface area contributed by atoms with Crippen LogP contribution in [0.15, 0.2) is 0 Å². The first kappa shape index (κ1) is 24.7. The molecule has 0 spiro atoms. The Morgan fingerprint density at radius 3 is 1.75 bits per heavy atom. The van der Waals surface area contributed by atoms with Crippen LogP contribution >= 0.6 is 15.9 Å². The fourth-order valence-electron chi connectivity index (χ4n) is 0.602. The van der Waals surface area contributed by atoms with Crippen molar-refractivity contribution < 1.29 is 9.53 Å². The lowest BCUT2D eigenvalue weighted by molar-refractivity contribution is 0.0521. The Kier molecular flexibility index (Phi) is 15.4. The molecular formula is C15H35BrN2O2. The number of rotatable bonds is 3. The van der Waals surface area contributed by atoms with Crippen molar-refractivity contribution in [3.8, 4) is 0 Å². The van der Waals surface area contributed by atoms with Gasteiger partial charge >= 0.3 is 6.09 Å². The van der Waals surface area contributed by atoms with Gasteiger partial charge in [-0.1, -0.05) is 43.6 Å². The van der Waals surface area contributed by atoms with E-state index in [0.717, 1.165) is 0 Å². The summed E-state index contributed by atoms with van der Waals surface area (Å²) in [7, 11) is 0. The zero-order chi connectivity index (χ0) is 17.0. The van der Waals surface area contributed by atoms with E-state index in [1.165, 1.54) is 0 Å². The molecule has 0 aliphatic carbocycles. The van der Waals surface area contributed by atoms with Crippen molar-refractivity contribution in [2.45, 2.75) is 72.2 Å². The highest BCUT2D eigenvalue weighted by atomic mass is 79.9. The second-order valence-corrected chi connectivity index (χ2v) is 8.35. The lowest BCUT2D eigenvalue weighted by atomic mass is 10.2. The zero-order valence-electron chi connectivity index (χ0n) is 14.8. The molecule has 0 radical (unpaired) electrons. The molecule has 0 heterocycles. The standard InChI is InChI=1S/C9H19NO2.C4H10BrN.C2H6/c1-7(2)6-10-8(11)12-9(3,4)5;1-4(2,5)3-6;1-2/h7H,6H2,1-5H3,(H,10,11);3,6H2,1-2H3;1-2H3. The third-order valence-electron chi connectivity index (χ3n) is 1.54. The first-order chi connectivity index (χ1) is 8.87. The van der Waals surface area contributed by atoms with Crippen molar-refractivity contribution in [1.82, 2.24) is 5.32 Å². The van der Waals surface area contributed by atoms with Gasteiger partial charge in [-0.25, -0.2) is 4.79 Å². The molecule has 4 nitrogen and oxygen atoms in total. The number of carbonyl (C=O) groups excluding carboxylic acids is 1. The number of hydrogen-bond donors (Lipinski definition) is 2. The lowest BCUT2D eigenvalue weighted by Crippen LogP contribution is -2.34. The predicted octanol–water partition coefficient (Wildman–Crippen LogP) is 4.31. The quantitative estimate of drug-likeness (QED) is 0.742. The van der Waals surface area contributed by atoms with Crippen LogP contribution in [0.3, 0.4) is 0 Å². The fourth-order valence-corrected chi connectivity index (χ4v) is 0.602. The molecule has 0 aromatic carbocycles. The largest absolute Gasteiger partial charge is 0.444 e. The average Bonchev–Trinajstić information content (AvgIpc) is 2.27. The number of hydrogen-bond acceptors (Lipinski definition) is 3. The average molecular weight is 355 g/mol. The number of ether oxygens (including phenoxy) is 1. The Morgan fingerprint density at radius 1 is 1.20 bits per heavy atom. The van der Waals surface area contributed by atoms with Gasteiger partial charge in [0.15, 0.2) is 0 Å². The van der Waals surface area contributed by atoms with Gasteiger partial charge in [0.2, 0.25) is 0 Å². The van der Waals surface area contributed by atoms with Crippen LogP contribution in [0.2, 0.25) is 0 Å². The van der Waals surface area contributed by atoms with Gasteiger partial charge in [0.25, 0.3) is 0 Å². The summed E-state index contributed by atoms with van der Waals surface area (Å²) in [6, 6.07) is 0. The van der Waals surface area contributed by atoms with E-state index in [1.54, 1.807) is 0 Å². The van der Waals surface area contributed by atoms with Crippen molar-refractivity contribution in [1.29, 1.82) is 0 Å². The van der Waals surface area contributed by atoms with Crippen molar-refractivity contribution in [3.05, 3.63) is 0 Å². The summed E-state index contributed by atoms with van der Waals surface area (Å²) < 4.78 is 5.17. The first-order valence-electron chi connectivity index (χ1n) is 7.23. The maximum absolute atomic E-state index is 11.0. The second-order valence-electron chi connectivity index (χ2n) is 6.20. The lowest BCUT2D eigenvalue weighted by Gasteiger charge is -2.20. The summed E-state index contributed by atoms with van der Waals surface area (Å²) in [4.78, 5) is 11.0. The summed E-state index contributed by atoms with van der Waals surface area (Å²) in [6.45, 7) is 19.0. The van der Waals surface area contributed by atoms with Gasteiger partial charge in [-0.2, -0.15) is 0 Å². The van der Waals surface area contributed by atoms with Crippen LogP contribution in [0.1, 0.15) is 62.3 Å². The van der Waals surface area contributed by atoms with Gasteiger partial charge in [0.1, 0.15) is 5.60 Å². The monoisotopic (exact) mass is 354 g/mol. The first-order valence-corrected chi connectivity index (χ1v) is 8.02. The SMILES string of the molecule is CC.CC(C)(Br)CN.CC(C)CNC(=O)OC(C)(C)C. The number of nitrogens with two attached hydrogens (primary N) is 1. The minimum absolute atomic E-state index is 0.132. The predicted molar refractivity (Wildman–Crippen MR) is 92.5 cm³/mol. The van der Waals surface area contributed by atoms with Crippen LogP contribution in [-0.2, 0) is 4.74 Å². The maximum Gasteiger partial charge on any atom is 0.407 e. The van der Waals surface area contributed by atoms with E-state index in [-0.39, 0.29) is 10.4 Å². The molecule has 124 valence electrons. The number of alkyl halides is 1. The molecule has 20 heavy (non-hydrogen) atoms. The van der Waals surface area contributed by atoms with E-state index in [0.29, 0.717) is 19.0 Å². The molecule has 1 amide bonds. The minimum atomic E-state index is -0.402. The van der Waals surface area contributed by atoms with Gasteiger partial charge in [-0.05, 0) is 40.5 Å². The molecule has 0 aromatic rings. The summed E-state index contributed by atoms with van der Waals surface area (Å²) >= 11 is 3.35. The summed E-state index contributed by atoms with van der Waals surface area (Å²) in [5.41, 5.74) is 4.86. The Morgan fingerprint density at radius 2 is 1.55 bits per heavy atom. The van der Waals surface area contributed by atoms with E-state index in [9.17, 15) is 4.79 Å². The number of amides is 1. The van der Waals surface area contributed by atoms with Crippen LogP contribution in [0.25, 0.3) is 0 Å². The summed E-state index contributed by atoms with van der Waals surface area (Å²) in [5.74, 6) is 0.456. The van der Waals surface area contributed by atoms with Gasteiger partial charge < -0.3 is 15.8 Å². The molecule has 0 saturated carbocycles. The smallest absolute Gasteiger partial charge is 0.407 e. The van der Waals surface area contributed by atoms with E-state index in [2.05, 4.69) is 21.2 Å². The van der Waals surface area contributed by atoms with Crippen LogP contribution in [0, 0.1) is 5.92 Å². The summed E-state index contributed by atoms with van der Waals surface area (Å²) in [6.07, 6.45) is -0.337. The van der Waals surface area contributed by atoms with Crippen LogP contribution in [-0.4, -0.2) is 29.1 Å². The van der Waals surface area contributed by atoms with Crippen LogP contribution in [0.4, 0.5) is 4.79 Å². The normalized spacial score (nSPS) is 10.8. The maximum atomic E-state index is 11.0. The molecule has 0 bridgehead atoms. The minimum Gasteiger partial charge on any atom is -0.444 e. The van der Waals surface area contributed by atoms with Crippen molar-refractivity contribution in [2.24, 2.45) is 11.7 Å². The van der Waals surface area contributed by atoms with Crippen LogP contribution in [0.5, 0.6) is 0 Å². The highest BCUT2D eigenvalue weighted by Gasteiger charge is 2.15. The molecule has 0 rings (SSSR count). The Balaban J connectivity index is -0.000000304. The number of carbonyl (C=O) groups is 1. The van der Waals surface area contributed by atoms with E-state index in [1.807, 2.05) is 62.3 Å². The molecule has 3 N–H and O–H groups in total. The third-order valence-corrected chi connectivity index (χ3v) is 1.86. The van der Waals surface area contributed by atoms with Crippen molar-refractivity contribution in [3.63, 3.8) is 0 Å². The number of halogens is 1. The topological polar surface area (TPSA) is 64.3 Å². The Bertz CT molecular complexity index is 231. The molecule has 0 fully saturated rings. The van der Waals surface area contributed by atoms with Crippen LogP contribution < -0.4 is 11.1 Å². The number of alkyl carbamates (subject to hydrolysis) is 1. The van der Waals surface area contributed by atoms with E-state index < -0.39 is 5.60 Å². The van der Waals surface area contributed by atoms with Gasteiger partial charge in [-0.15, -0.1) is 0 Å². The molecule has 0 aliphatic rings. The van der Waals surface area contributed by atoms with Crippen molar-refractivity contribution >= 4 is 22.0 Å². The highest BCUT2D eigenvalue weighted by Crippen LogP contribution is 2.11. The Hall–Kier alpha value is -0.290. The van der Waals surface area contributed by atoms with Gasteiger partial charge in [-0.3, -0.25) is 0 Å². The molecule has 0 atom stereocenters. The molecular weight excluding hydrogens is 320 g/mol. The van der Waals surface area contributed by atoms with Crippen molar-refractivity contribution in [2.75, 3.05) is 13.1 Å². The van der Waals surface area contributed by atoms with E-state index >= 15 is 0 Å². The zero-order valence-corrected chi connectivity index (χ0v) is 16.3. The van der Waals surface area contributed by atoms with Gasteiger partial charge in [0, 0.05) is 17.4 Å². The van der Waals surface area contributed by atoms with E-state index in [4.69, 9.17) is 10.5 Å². The second kappa shape index (κ2) is 12.5. The fraction of sp³-hybridized carbons (Fsp3) is 0.933. The highest BCUT2D eigenvalue weighted by molar-refractivity contribution is 9.10. The molecule has 0 unspecified atom stereocenters. The third kappa shape index (κ3) is 30.6. The van der Waals surface area contributed by atoms with Gasteiger partial charge in [0.05, 0.1) is 0 Å². The Labute approximate surface area is 134 Å². The molecule has 0 saturated heterocycles.